The molecule has 5 heteroatoms. The van der Waals surface area contributed by atoms with Crippen molar-refractivity contribution in [2.24, 2.45) is 5.73 Å². The summed E-state index contributed by atoms with van der Waals surface area (Å²) in [5, 5.41) is 5.62. The van der Waals surface area contributed by atoms with Gasteiger partial charge in [-0.25, -0.2) is 4.79 Å². The van der Waals surface area contributed by atoms with Crippen LogP contribution in [0.4, 0.5) is 10.5 Å². The highest BCUT2D eigenvalue weighted by atomic mass is 16.5. The Morgan fingerprint density at radius 1 is 1.32 bits per heavy atom. The zero-order chi connectivity index (χ0) is 13.5. The Bertz CT molecular complexity index is 400. The molecule has 4 N–H and O–H groups in total. The summed E-state index contributed by atoms with van der Waals surface area (Å²) in [5.41, 5.74) is 7.32. The number of nitrogens with two attached hydrogens (primary N) is 1. The molecule has 0 aromatic heterocycles. The van der Waals surface area contributed by atoms with Crippen molar-refractivity contribution in [2.75, 3.05) is 18.5 Å². The van der Waals surface area contributed by atoms with Crippen LogP contribution in [0.3, 0.4) is 0 Å². The molecule has 0 saturated carbocycles. The molecular formula is C14H21N3O2. The topological polar surface area (TPSA) is 76.4 Å². The highest BCUT2D eigenvalue weighted by Gasteiger charge is 2.14. The predicted molar refractivity (Wildman–Crippen MR) is 74.9 cm³/mol. The third-order valence-corrected chi connectivity index (χ3v) is 3.21. The quantitative estimate of drug-likeness (QED) is 0.775. The molecule has 1 aromatic carbocycles. The first-order valence-electron chi connectivity index (χ1n) is 6.73. The molecule has 1 aliphatic heterocycles. The Balaban J connectivity index is 1.73. The summed E-state index contributed by atoms with van der Waals surface area (Å²) in [4.78, 5) is 11.7. The van der Waals surface area contributed by atoms with E-state index < -0.39 is 0 Å². The maximum atomic E-state index is 11.7. The lowest BCUT2D eigenvalue weighted by atomic mass is 10.1. The molecule has 5 nitrogen and oxygen atoms in total. The van der Waals surface area contributed by atoms with Crippen molar-refractivity contribution in [1.82, 2.24) is 5.32 Å². The number of nitrogens with one attached hydrogen (secondary N) is 2. The van der Waals surface area contributed by atoms with Crippen LogP contribution >= 0.6 is 0 Å². The molecule has 19 heavy (non-hydrogen) atoms. The van der Waals surface area contributed by atoms with E-state index in [0.29, 0.717) is 13.1 Å². The largest absolute Gasteiger partial charge is 0.376 e. The smallest absolute Gasteiger partial charge is 0.319 e. The van der Waals surface area contributed by atoms with E-state index in [1.54, 1.807) is 0 Å². The summed E-state index contributed by atoms with van der Waals surface area (Å²) in [6, 6.07) is 7.30. The fourth-order valence-corrected chi connectivity index (χ4v) is 2.07. The van der Waals surface area contributed by atoms with Crippen molar-refractivity contribution >= 4 is 11.7 Å². The maximum absolute atomic E-state index is 11.7. The highest BCUT2D eigenvalue weighted by Crippen LogP contribution is 2.12. The van der Waals surface area contributed by atoms with Gasteiger partial charge in [-0.15, -0.1) is 0 Å². The average molecular weight is 263 g/mol. The molecule has 2 amide bonds. The average Bonchev–Trinajstić information content (AvgIpc) is 2.47. The number of hydrogen-bond donors (Lipinski definition) is 3. The van der Waals surface area contributed by atoms with Gasteiger partial charge in [-0.05, 0) is 37.0 Å². The van der Waals surface area contributed by atoms with Gasteiger partial charge in [0.15, 0.2) is 0 Å². The molecule has 1 heterocycles. The molecule has 0 spiro atoms. The second-order valence-electron chi connectivity index (χ2n) is 4.72. The van der Waals surface area contributed by atoms with Crippen LogP contribution in [-0.2, 0) is 11.3 Å². The molecule has 0 radical (unpaired) electrons. The summed E-state index contributed by atoms with van der Waals surface area (Å²) < 4.78 is 5.55. The Morgan fingerprint density at radius 2 is 2.11 bits per heavy atom. The summed E-state index contributed by atoms with van der Waals surface area (Å²) in [6.45, 7) is 1.87. The summed E-state index contributed by atoms with van der Waals surface area (Å²) in [7, 11) is 0. The first kappa shape index (κ1) is 13.8. The molecule has 1 unspecified atom stereocenters. The SMILES string of the molecule is NCc1ccc(NC(=O)NCC2CCCCO2)cc1. The lowest BCUT2D eigenvalue weighted by Crippen LogP contribution is -2.37. The summed E-state index contributed by atoms with van der Waals surface area (Å²) in [5.74, 6) is 0. The Labute approximate surface area is 113 Å². The molecule has 1 aliphatic rings. The number of carbonyl (C=O) groups excluding carboxylic acids is 1. The van der Waals surface area contributed by atoms with E-state index in [4.69, 9.17) is 10.5 Å². The van der Waals surface area contributed by atoms with Crippen LogP contribution in [0.1, 0.15) is 24.8 Å². The van der Waals surface area contributed by atoms with E-state index in [0.717, 1.165) is 30.7 Å². The molecule has 1 fully saturated rings. The van der Waals surface area contributed by atoms with E-state index in [-0.39, 0.29) is 12.1 Å². The number of rotatable bonds is 4. The number of anilines is 1. The number of benzene rings is 1. The minimum Gasteiger partial charge on any atom is -0.376 e. The van der Waals surface area contributed by atoms with E-state index in [9.17, 15) is 4.79 Å². The van der Waals surface area contributed by atoms with Crippen LogP contribution in [0.25, 0.3) is 0 Å². The Morgan fingerprint density at radius 3 is 2.74 bits per heavy atom. The van der Waals surface area contributed by atoms with Gasteiger partial charge in [0.2, 0.25) is 0 Å². The minimum atomic E-state index is -0.199. The van der Waals surface area contributed by atoms with Gasteiger partial charge in [-0.3, -0.25) is 0 Å². The Kier molecular flexibility index (Phi) is 5.18. The fraction of sp³-hybridized carbons (Fsp3) is 0.500. The van der Waals surface area contributed by atoms with Gasteiger partial charge in [-0.2, -0.15) is 0 Å². The third-order valence-electron chi connectivity index (χ3n) is 3.21. The first-order chi connectivity index (χ1) is 9.28. The molecule has 1 saturated heterocycles. The first-order valence-corrected chi connectivity index (χ1v) is 6.73. The third kappa shape index (κ3) is 4.54. The van der Waals surface area contributed by atoms with Crippen LogP contribution in [0.2, 0.25) is 0 Å². The molecule has 2 rings (SSSR count). The van der Waals surface area contributed by atoms with Crippen LogP contribution in [0, 0.1) is 0 Å². The van der Waals surface area contributed by atoms with Crippen molar-refractivity contribution in [2.45, 2.75) is 31.9 Å². The normalized spacial score (nSPS) is 18.9. The zero-order valence-corrected chi connectivity index (χ0v) is 11.0. The van der Waals surface area contributed by atoms with E-state index >= 15 is 0 Å². The lowest BCUT2D eigenvalue weighted by molar-refractivity contribution is 0.0187. The minimum absolute atomic E-state index is 0.152. The van der Waals surface area contributed by atoms with Gasteiger partial charge in [0, 0.05) is 25.4 Å². The molecular weight excluding hydrogens is 242 g/mol. The van der Waals surface area contributed by atoms with Crippen molar-refractivity contribution < 1.29 is 9.53 Å². The van der Waals surface area contributed by atoms with Crippen molar-refractivity contribution in [3.8, 4) is 0 Å². The van der Waals surface area contributed by atoms with Crippen molar-refractivity contribution in [3.63, 3.8) is 0 Å². The summed E-state index contributed by atoms with van der Waals surface area (Å²) >= 11 is 0. The number of carbonyl (C=O) groups is 1. The predicted octanol–water partition coefficient (Wildman–Crippen LogP) is 1.84. The Hall–Kier alpha value is -1.59. The van der Waals surface area contributed by atoms with Gasteiger partial charge in [-0.1, -0.05) is 12.1 Å². The van der Waals surface area contributed by atoms with Crippen LogP contribution in [0.5, 0.6) is 0 Å². The number of hydrogen-bond acceptors (Lipinski definition) is 3. The van der Waals surface area contributed by atoms with Crippen molar-refractivity contribution in [3.05, 3.63) is 29.8 Å². The molecule has 0 bridgehead atoms. The number of ether oxygens (including phenoxy) is 1. The number of amides is 2. The van der Waals surface area contributed by atoms with E-state index in [1.165, 1.54) is 6.42 Å². The lowest BCUT2D eigenvalue weighted by Gasteiger charge is -2.22. The monoisotopic (exact) mass is 263 g/mol. The maximum Gasteiger partial charge on any atom is 0.319 e. The molecule has 0 aliphatic carbocycles. The van der Waals surface area contributed by atoms with Gasteiger partial charge < -0.3 is 21.1 Å². The van der Waals surface area contributed by atoms with Crippen molar-refractivity contribution in [1.29, 1.82) is 0 Å². The van der Waals surface area contributed by atoms with Gasteiger partial charge >= 0.3 is 6.03 Å². The van der Waals surface area contributed by atoms with E-state index in [1.807, 2.05) is 24.3 Å². The fourth-order valence-electron chi connectivity index (χ4n) is 2.07. The van der Waals surface area contributed by atoms with Crippen LogP contribution < -0.4 is 16.4 Å². The standard InChI is InChI=1S/C14H21N3O2/c15-9-11-4-6-12(7-5-11)17-14(18)16-10-13-3-1-2-8-19-13/h4-7,13H,1-3,8-10,15H2,(H2,16,17,18). The number of urea groups is 1. The molecule has 104 valence electrons. The zero-order valence-electron chi connectivity index (χ0n) is 11.0. The van der Waals surface area contributed by atoms with Gasteiger partial charge in [0.1, 0.15) is 0 Å². The van der Waals surface area contributed by atoms with E-state index in [2.05, 4.69) is 10.6 Å². The molecule has 1 aromatic rings. The second-order valence-corrected chi connectivity index (χ2v) is 4.72. The highest BCUT2D eigenvalue weighted by molar-refractivity contribution is 5.89. The van der Waals surface area contributed by atoms with Gasteiger partial charge in [0.05, 0.1) is 6.10 Å². The second kappa shape index (κ2) is 7.11. The van der Waals surface area contributed by atoms with Crippen LogP contribution in [0.15, 0.2) is 24.3 Å². The summed E-state index contributed by atoms with van der Waals surface area (Å²) in [6.07, 6.45) is 3.47. The van der Waals surface area contributed by atoms with Gasteiger partial charge in [0.25, 0.3) is 0 Å². The molecule has 1 atom stereocenters. The van der Waals surface area contributed by atoms with Crippen LogP contribution in [-0.4, -0.2) is 25.3 Å².